The van der Waals surface area contributed by atoms with E-state index in [1.807, 2.05) is 6.92 Å². The maximum atomic E-state index is 4.45. The van der Waals surface area contributed by atoms with E-state index >= 15 is 0 Å². The van der Waals surface area contributed by atoms with Crippen LogP contribution in [0.15, 0.2) is 29.6 Å². The van der Waals surface area contributed by atoms with Crippen LogP contribution in [-0.4, -0.2) is 4.98 Å². The Bertz CT molecular complexity index is 419. The summed E-state index contributed by atoms with van der Waals surface area (Å²) >= 11 is 1.70. The number of hydrogen-bond acceptors (Lipinski definition) is 2. The van der Waals surface area contributed by atoms with Gasteiger partial charge in [0.2, 0.25) is 0 Å². The molecule has 0 radical (unpaired) electrons. The van der Waals surface area contributed by atoms with Gasteiger partial charge in [-0.1, -0.05) is 31.2 Å². The van der Waals surface area contributed by atoms with Crippen LogP contribution in [0.1, 0.15) is 17.5 Å². The Morgan fingerprint density at radius 2 is 1.87 bits per heavy atom. The molecule has 0 unspecified atom stereocenters. The minimum absolute atomic E-state index is 0. The molecule has 80 valence electrons. The molecule has 0 spiro atoms. The van der Waals surface area contributed by atoms with Crippen LogP contribution in [0.3, 0.4) is 0 Å². The van der Waals surface area contributed by atoms with Crippen molar-refractivity contribution >= 4 is 11.3 Å². The van der Waals surface area contributed by atoms with Crippen molar-refractivity contribution in [3.63, 3.8) is 0 Å². The molecule has 15 heavy (non-hydrogen) atoms. The highest BCUT2D eigenvalue weighted by Crippen LogP contribution is 2.21. The van der Waals surface area contributed by atoms with Crippen molar-refractivity contribution in [1.82, 2.24) is 4.98 Å². The van der Waals surface area contributed by atoms with E-state index in [1.165, 1.54) is 11.1 Å². The molecular weight excluding hydrogens is 270 g/mol. The summed E-state index contributed by atoms with van der Waals surface area (Å²) in [6.45, 7) is 4.20. The second kappa shape index (κ2) is 5.42. The lowest BCUT2D eigenvalue weighted by atomic mass is 10.1. The molecule has 1 aromatic heterocycles. The van der Waals surface area contributed by atoms with E-state index in [4.69, 9.17) is 0 Å². The highest BCUT2D eigenvalue weighted by molar-refractivity contribution is 7.09. The van der Waals surface area contributed by atoms with Gasteiger partial charge in [0, 0.05) is 10.9 Å². The van der Waals surface area contributed by atoms with E-state index in [0.717, 1.165) is 17.1 Å². The predicted molar refractivity (Wildman–Crippen MR) is 61.7 cm³/mol. The van der Waals surface area contributed by atoms with Crippen molar-refractivity contribution in [2.45, 2.75) is 20.3 Å². The smallest absolute Gasteiger partial charge is 0.0901 e. The fraction of sp³-hybridized carbons (Fsp3) is 0.250. The first-order valence-corrected chi connectivity index (χ1v) is 5.69. The van der Waals surface area contributed by atoms with Crippen molar-refractivity contribution in [2.24, 2.45) is 0 Å². The third-order valence-electron chi connectivity index (χ3n) is 2.28. The van der Waals surface area contributed by atoms with E-state index in [-0.39, 0.29) is 17.0 Å². The zero-order valence-corrected chi connectivity index (χ0v) is 11.2. The van der Waals surface area contributed by atoms with Crippen LogP contribution in [0.4, 0.5) is 0 Å². The van der Waals surface area contributed by atoms with Crippen LogP contribution >= 0.6 is 11.3 Å². The molecule has 1 heterocycles. The van der Waals surface area contributed by atoms with E-state index in [0.29, 0.717) is 0 Å². The number of aryl methyl sites for hydroxylation is 2. The summed E-state index contributed by atoms with van der Waals surface area (Å²) in [5, 5.41) is 3.23. The number of hydrogen-bond donors (Lipinski definition) is 0. The maximum Gasteiger partial charge on any atom is 0.0901 e. The van der Waals surface area contributed by atoms with Gasteiger partial charge >= 0.3 is 0 Å². The number of nitrogens with zero attached hydrogens (tertiary/aromatic N) is 1. The number of rotatable bonds is 2. The minimum Gasteiger partial charge on any atom is -1.00 e. The van der Waals surface area contributed by atoms with Crippen LogP contribution in [-0.2, 0) is 6.42 Å². The monoisotopic (exact) mass is 282 g/mol. The Hall–Kier alpha value is -0.670. The zero-order chi connectivity index (χ0) is 9.97. The first-order chi connectivity index (χ1) is 6.79. The SMILES string of the molecule is CCc1ccc(-c2csc(C)n2)cc1.[Br-]. The average molecular weight is 283 g/mol. The second-order valence-corrected chi connectivity index (χ2v) is 4.36. The third kappa shape index (κ3) is 2.89. The van der Waals surface area contributed by atoms with Crippen molar-refractivity contribution in [3.8, 4) is 11.3 Å². The van der Waals surface area contributed by atoms with E-state index < -0.39 is 0 Å². The van der Waals surface area contributed by atoms with Crippen LogP contribution in [0.5, 0.6) is 0 Å². The Balaban J connectivity index is 0.00000112. The highest BCUT2D eigenvalue weighted by atomic mass is 79.9. The van der Waals surface area contributed by atoms with Crippen LogP contribution in [0.25, 0.3) is 11.3 Å². The molecule has 0 aliphatic carbocycles. The van der Waals surface area contributed by atoms with Crippen LogP contribution in [0.2, 0.25) is 0 Å². The molecular formula is C12H13BrNS-. The highest BCUT2D eigenvalue weighted by Gasteiger charge is 2.00. The lowest BCUT2D eigenvalue weighted by Gasteiger charge is -1.98. The molecule has 0 aliphatic rings. The average Bonchev–Trinajstić information content (AvgIpc) is 2.65. The number of benzene rings is 1. The Morgan fingerprint density at radius 1 is 1.20 bits per heavy atom. The molecule has 0 saturated heterocycles. The largest absolute Gasteiger partial charge is 1.00 e. The third-order valence-corrected chi connectivity index (χ3v) is 3.05. The van der Waals surface area contributed by atoms with Gasteiger partial charge in [0.1, 0.15) is 0 Å². The van der Waals surface area contributed by atoms with Crippen molar-refractivity contribution in [3.05, 3.63) is 40.2 Å². The van der Waals surface area contributed by atoms with E-state index in [1.54, 1.807) is 11.3 Å². The summed E-state index contributed by atoms with van der Waals surface area (Å²) in [7, 11) is 0. The molecule has 0 atom stereocenters. The van der Waals surface area contributed by atoms with Gasteiger partial charge in [0.15, 0.2) is 0 Å². The second-order valence-electron chi connectivity index (χ2n) is 3.30. The summed E-state index contributed by atoms with van der Waals surface area (Å²) in [6.07, 6.45) is 1.09. The fourth-order valence-electron chi connectivity index (χ4n) is 1.41. The molecule has 0 bridgehead atoms. The summed E-state index contributed by atoms with van der Waals surface area (Å²) in [4.78, 5) is 4.45. The number of thiazole rings is 1. The minimum atomic E-state index is 0. The molecule has 0 aliphatic heterocycles. The molecule has 2 aromatic rings. The topological polar surface area (TPSA) is 12.9 Å². The standard InChI is InChI=1S/C12H13NS.BrH/c1-3-10-4-6-11(7-5-10)12-8-14-9(2)13-12;/h4-8H,3H2,1-2H3;1H/p-1. The molecule has 0 fully saturated rings. The first kappa shape index (κ1) is 12.4. The Labute approximate surface area is 105 Å². The van der Waals surface area contributed by atoms with Gasteiger partial charge in [0.25, 0.3) is 0 Å². The summed E-state index contributed by atoms with van der Waals surface area (Å²) in [5.41, 5.74) is 3.68. The molecule has 0 saturated carbocycles. The molecule has 3 heteroatoms. The number of aromatic nitrogens is 1. The molecule has 1 nitrogen and oxygen atoms in total. The Kier molecular flexibility index (Phi) is 4.48. The zero-order valence-electron chi connectivity index (χ0n) is 8.83. The van der Waals surface area contributed by atoms with Crippen LogP contribution in [0, 0.1) is 6.92 Å². The van der Waals surface area contributed by atoms with Gasteiger partial charge in [-0.2, -0.15) is 0 Å². The van der Waals surface area contributed by atoms with Crippen LogP contribution < -0.4 is 17.0 Å². The van der Waals surface area contributed by atoms with Crippen molar-refractivity contribution < 1.29 is 17.0 Å². The number of halogens is 1. The quantitative estimate of drug-likeness (QED) is 0.790. The van der Waals surface area contributed by atoms with Gasteiger partial charge < -0.3 is 17.0 Å². The predicted octanol–water partition coefficient (Wildman–Crippen LogP) is 0.685. The van der Waals surface area contributed by atoms with E-state index in [9.17, 15) is 0 Å². The normalized spacial score (nSPS) is 9.73. The maximum absolute atomic E-state index is 4.45. The molecule has 0 amide bonds. The van der Waals surface area contributed by atoms with Gasteiger partial charge in [-0.05, 0) is 18.9 Å². The van der Waals surface area contributed by atoms with Gasteiger partial charge in [0.05, 0.1) is 10.7 Å². The van der Waals surface area contributed by atoms with Gasteiger partial charge in [-0.3, -0.25) is 0 Å². The molecule has 1 aromatic carbocycles. The Morgan fingerprint density at radius 3 is 2.33 bits per heavy atom. The fourth-order valence-corrected chi connectivity index (χ4v) is 2.03. The van der Waals surface area contributed by atoms with E-state index in [2.05, 4.69) is 41.6 Å². The lowest BCUT2D eigenvalue weighted by molar-refractivity contribution is -0.00000294. The molecule has 2 rings (SSSR count). The van der Waals surface area contributed by atoms with Gasteiger partial charge in [-0.25, -0.2) is 4.98 Å². The summed E-state index contributed by atoms with van der Waals surface area (Å²) in [6, 6.07) is 8.63. The van der Waals surface area contributed by atoms with Crippen molar-refractivity contribution in [1.29, 1.82) is 0 Å². The summed E-state index contributed by atoms with van der Waals surface area (Å²) in [5.74, 6) is 0. The first-order valence-electron chi connectivity index (χ1n) is 4.81. The summed E-state index contributed by atoms with van der Waals surface area (Å²) < 4.78 is 0. The van der Waals surface area contributed by atoms with Gasteiger partial charge in [-0.15, -0.1) is 11.3 Å². The molecule has 0 N–H and O–H groups in total. The van der Waals surface area contributed by atoms with Crippen molar-refractivity contribution in [2.75, 3.05) is 0 Å². The lowest BCUT2D eigenvalue weighted by Crippen LogP contribution is -3.00.